The quantitative estimate of drug-likeness (QED) is 0.374. The predicted octanol–water partition coefficient (Wildman–Crippen LogP) is 3.72. The minimum absolute atomic E-state index is 0.0253. The molecule has 0 bridgehead atoms. The maximum atomic E-state index is 13.8. The van der Waals surface area contributed by atoms with Crippen LogP contribution in [0.3, 0.4) is 0 Å². The number of amides is 2. The van der Waals surface area contributed by atoms with Crippen LogP contribution in [-0.4, -0.2) is 78.0 Å². The van der Waals surface area contributed by atoms with Gasteiger partial charge in [-0.15, -0.1) is 0 Å². The van der Waals surface area contributed by atoms with E-state index in [1.165, 1.54) is 6.07 Å². The number of H-pyrrole nitrogens is 1. The zero-order valence-corrected chi connectivity index (χ0v) is 21.0. The van der Waals surface area contributed by atoms with Gasteiger partial charge in [-0.2, -0.15) is 0 Å². The van der Waals surface area contributed by atoms with Gasteiger partial charge in [-0.1, -0.05) is 0 Å². The van der Waals surface area contributed by atoms with E-state index in [1.807, 2.05) is 11.0 Å². The van der Waals surface area contributed by atoms with E-state index < -0.39 is 5.91 Å². The number of halogens is 1. The van der Waals surface area contributed by atoms with E-state index >= 15 is 0 Å². The van der Waals surface area contributed by atoms with E-state index in [2.05, 4.69) is 9.88 Å². The highest BCUT2D eigenvalue weighted by Gasteiger charge is 2.23. The Labute approximate surface area is 214 Å². The van der Waals surface area contributed by atoms with E-state index in [9.17, 15) is 14.0 Å². The number of nitrogens with two attached hydrogens (primary N) is 1. The van der Waals surface area contributed by atoms with Crippen molar-refractivity contribution in [1.82, 2.24) is 19.8 Å². The molecule has 3 heterocycles. The van der Waals surface area contributed by atoms with Crippen LogP contribution in [0.4, 0.5) is 4.39 Å². The number of benzene rings is 2. The topological polar surface area (TPSA) is 105 Å². The van der Waals surface area contributed by atoms with Gasteiger partial charge < -0.3 is 20.4 Å². The number of carbonyl (C=O) groups is 2. The first kappa shape index (κ1) is 24.9. The second kappa shape index (κ2) is 10.3. The summed E-state index contributed by atoms with van der Waals surface area (Å²) in [7, 11) is 1.71. The molecule has 5 rings (SSSR count). The van der Waals surface area contributed by atoms with E-state index in [4.69, 9.17) is 15.5 Å². The number of ether oxygens (including phenoxy) is 1. The molecule has 1 fully saturated rings. The fourth-order valence-corrected chi connectivity index (χ4v) is 4.92. The number of hydrogen-bond donors (Lipinski definition) is 2. The SMILES string of the molecule is COCCCN1CCN(C(=O)c2ccc3c(c2)[nH]c2c(C(N)=O)cc(-c4ccc(F)c(C)c4)nc23)CC1. The molecular formula is C28H30FN5O3. The molecule has 0 unspecified atom stereocenters. The molecule has 1 aliphatic rings. The second-order valence-corrected chi connectivity index (χ2v) is 9.47. The summed E-state index contributed by atoms with van der Waals surface area (Å²) in [5, 5.41) is 0.776. The number of piperazine rings is 1. The van der Waals surface area contributed by atoms with Gasteiger partial charge in [0.1, 0.15) is 5.82 Å². The highest BCUT2D eigenvalue weighted by atomic mass is 19.1. The average Bonchev–Trinajstić information content (AvgIpc) is 3.27. The van der Waals surface area contributed by atoms with Crippen molar-refractivity contribution in [2.75, 3.05) is 46.4 Å². The van der Waals surface area contributed by atoms with Crippen LogP contribution in [0.25, 0.3) is 33.2 Å². The Balaban J connectivity index is 1.45. The molecule has 0 aliphatic carbocycles. The van der Waals surface area contributed by atoms with Gasteiger partial charge in [0.2, 0.25) is 0 Å². The third-order valence-electron chi connectivity index (χ3n) is 7.00. The number of nitrogens with zero attached hydrogens (tertiary/aromatic N) is 3. The molecule has 4 aromatic rings. The van der Waals surface area contributed by atoms with E-state index in [0.717, 1.165) is 38.0 Å². The zero-order chi connectivity index (χ0) is 26.1. The molecule has 9 heteroatoms. The van der Waals surface area contributed by atoms with Crippen LogP contribution in [0.15, 0.2) is 42.5 Å². The minimum Gasteiger partial charge on any atom is -0.385 e. The average molecular weight is 504 g/mol. The molecule has 0 spiro atoms. The number of aromatic nitrogens is 2. The summed E-state index contributed by atoms with van der Waals surface area (Å²) >= 11 is 0. The number of aryl methyl sites for hydroxylation is 1. The third kappa shape index (κ3) is 4.92. The van der Waals surface area contributed by atoms with Crippen molar-refractivity contribution in [3.63, 3.8) is 0 Å². The first-order valence-corrected chi connectivity index (χ1v) is 12.4. The van der Waals surface area contributed by atoms with Crippen LogP contribution >= 0.6 is 0 Å². The van der Waals surface area contributed by atoms with E-state index in [0.29, 0.717) is 52.0 Å². The monoisotopic (exact) mass is 503 g/mol. The van der Waals surface area contributed by atoms with Crippen molar-refractivity contribution in [2.45, 2.75) is 13.3 Å². The zero-order valence-electron chi connectivity index (χ0n) is 21.0. The predicted molar refractivity (Wildman–Crippen MR) is 141 cm³/mol. The van der Waals surface area contributed by atoms with Gasteiger partial charge in [-0.25, -0.2) is 9.37 Å². The van der Waals surface area contributed by atoms with Gasteiger partial charge in [0.05, 0.1) is 22.3 Å². The van der Waals surface area contributed by atoms with Gasteiger partial charge in [-0.3, -0.25) is 14.5 Å². The van der Waals surface area contributed by atoms with Crippen molar-refractivity contribution in [3.05, 3.63) is 65.0 Å². The van der Waals surface area contributed by atoms with Gasteiger partial charge in [-0.05, 0) is 61.4 Å². The largest absolute Gasteiger partial charge is 0.385 e. The second-order valence-electron chi connectivity index (χ2n) is 9.47. The minimum atomic E-state index is -0.598. The molecule has 0 atom stereocenters. The Morgan fingerprint density at radius 2 is 1.89 bits per heavy atom. The van der Waals surface area contributed by atoms with Gasteiger partial charge in [0, 0.05) is 68.5 Å². The summed E-state index contributed by atoms with van der Waals surface area (Å²) in [6.45, 7) is 6.39. The standard InChI is InChI=1S/C28H30FN5O3/c1-17-14-18(5-7-22(17)29)23-16-21(27(30)35)26-25(31-23)20-6-4-19(15-24(20)32-26)28(36)34-11-9-33(10-12-34)8-3-13-37-2/h4-7,14-16,32H,3,8-13H2,1-2H3,(H2,30,35). The number of aromatic amines is 1. The number of rotatable bonds is 7. The third-order valence-corrected chi connectivity index (χ3v) is 7.00. The molecule has 8 nitrogen and oxygen atoms in total. The lowest BCUT2D eigenvalue weighted by atomic mass is 10.0. The van der Waals surface area contributed by atoms with Crippen molar-refractivity contribution in [2.24, 2.45) is 5.73 Å². The number of pyridine rings is 1. The van der Waals surface area contributed by atoms with Crippen molar-refractivity contribution in [1.29, 1.82) is 0 Å². The first-order chi connectivity index (χ1) is 17.9. The molecule has 2 aromatic heterocycles. The van der Waals surface area contributed by atoms with Crippen LogP contribution in [0, 0.1) is 12.7 Å². The van der Waals surface area contributed by atoms with Crippen molar-refractivity contribution >= 4 is 33.8 Å². The summed E-state index contributed by atoms with van der Waals surface area (Å²) in [4.78, 5) is 37.8. The summed E-state index contributed by atoms with van der Waals surface area (Å²) in [6.07, 6.45) is 0.977. The van der Waals surface area contributed by atoms with Crippen LogP contribution in [-0.2, 0) is 4.74 Å². The van der Waals surface area contributed by atoms with E-state index in [1.54, 1.807) is 44.4 Å². The van der Waals surface area contributed by atoms with Gasteiger partial charge in [0.25, 0.3) is 11.8 Å². The number of carbonyl (C=O) groups excluding carboxylic acids is 2. The lowest BCUT2D eigenvalue weighted by Crippen LogP contribution is -2.48. The van der Waals surface area contributed by atoms with Crippen molar-refractivity contribution in [3.8, 4) is 11.3 Å². The molecule has 3 N–H and O–H groups in total. The highest BCUT2D eigenvalue weighted by Crippen LogP contribution is 2.31. The fraction of sp³-hybridized carbons (Fsp3) is 0.321. The number of methoxy groups -OCH3 is 1. The first-order valence-electron chi connectivity index (χ1n) is 12.4. The Kier molecular flexibility index (Phi) is 6.90. The Bertz CT molecular complexity index is 1490. The van der Waals surface area contributed by atoms with Gasteiger partial charge >= 0.3 is 0 Å². The fourth-order valence-electron chi connectivity index (χ4n) is 4.92. The summed E-state index contributed by atoms with van der Waals surface area (Å²) in [5.41, 5.74) is 10.0. The normalized spacial score (nSPS) is 14.5. The Morgan fingerprint density at radius 1 is 1.11 bits per heavy atom. The van der Waals surface area contributed by atoms with Gasteiger partial charge in [0.15, 0.2) is 0 Å². The highest BCUT2D eigenvalue weighted by molar-refractivity contribution is 6.14. The summed E-state index contributed by atoms with van der Waals surface area (Å²) in [6, 6.07) is 11.8. The van der Waals surface area contributed by atoms with Crippen LogP contribution in [0.5, 0.6) is 0 Å². The smallest absolute Gasteiger partial charge is 0.254 e. The number of fused-ring (bicyclic) bond motifs is 3. The van der Waals surface area contributed by atoms with Crippen LogP contribution < -0.4 is 5.73 Å². The number of hydrogen-bond acceptors (Lipinski definition) is 5. The molecule has 1 saturated heterocycles. The van der Waals surface area contributed by atoms with Crippen molar-refractivity contribution < 1.29 is 18.7 Å². The summed E-state index contributed by atoms with van der Waals surface area (Å²) < 4.78 is 18.9. The molecule has 2 aromatic carbocycles. The molecule has 37 heavy (non-hydrogen) atoms. The lowest BCUT2D eigenvalue weighted by molar-refractivity contribution is 0.0624. The lowest BCUT2D eigenvalue weighted by Gasteiger charge is -2.34. The maximum absolute atomic E-state index is 13.8. The molecule has 192 valence electrons. The maximum Gasteiger partial charge on any atom is 0.254 e. The summed E-state index contributed by atoms with van der Waals surface area (Å²) in [5.74, 6) is -0.932. The number of primary amides is 1. The molecule has 0 radical (unpaired) electrons. The Hall–Kier alpha value is -3.82. The van der Waals surface area contributed by atoms with Crippen LogP contribution in [0.1, 0.15) is 32.7 Å². The molecule has 0 saturated carbocycles. The number of nitrogens with one attached hydrogen (secondary N) is 1. The van der Waals surface area contributed by atoms with E-state index in [-0.39, 0.29) is 17.3 Å². The molecule has 1 aliphatic heterocycles. The Morgan fingerprint density at radius 3 is 2.59 bits per heavy atom. The molecule has 2 amide bonds. The van der Waals surface area contributed by atoms with Crippen LogP contribution in [0.2, 0.25) is 0 Å². The molecular weight excluding hydrogens is 473 g/mol.